The van der Waals surface area contributed by atoms with Gasteiger partial charge in [0.2, 0.25) is 11.8 Å². The van der Waals surface area contributed by atoms with Crippen molar-refractivity contribution in [1.82, 2.24) is 9.80 Å². The third kappa shape index (κ3) is 3.16. The molecule has 0 atom stereocenters. The van der Waals surface area contributed by atoms with E-state index in [1.165, 1.54) is 0 Å². The third-order valence-electron chi connectivity index (χ3n) is 3.73. The Morgan fingerprint density at radius 3 is 1.67 bits per heavy atom. The molecule has 2 fully saturated rings. The van der Waals surface area contributed by atoms with Gasteiger partial charge < -0.3 is 9.80 Å². The van der Waals surface area contributed by atoms with Crippen molar-refractivity contribution in [3.63, 3.8) is 0 Å². The van der Waals surface area contributed by atoms with E-state index in [-0.39, 0.29) is 11.8 Å². The van der Waals surface area contributed by atoms with Gasteiger partial charge in [-0.05, 0) is 25.7 Å². The summed E-state index contributed by atoms with van der Waals surface area (Å²) < 4.78 is 0. The van der Waals surface area contributed by atoms with Crippen molar-refractivity contribution in [2.24, 2.45) is 0 Å². The molecule has 0 N–H and O–H groups in total. The minimum atomic E-state index is -0.582. The average molecular weight is 273 g/mol. The number of likely N-dealkylation sites (tertiary alicyclic amines) is 2. The summed E-state index contributed by atoms with van der Waals surface area (Å²) in [7, 11) is 0. The number of hydrogen-bond donors (Lipinski definition) is 0. The van der Waals surface area contributed by atoms with Crippen LogP contribution in [0.1, 0.15) is 51.4 Å². The third-order valence-corrected chi connectivity index (χ3v) is 4.21. The van der Waals surface area contributed by atoms with Gasteiger partial charge in [0, 0.05) is 25.9 Å². The average Bonchev–Trinajstić information content (AvgIpc) is 2.69. The number of alkyl halides is 1. The molecular weight excluding hydrogens is 252 g/mol. The van der Waals surface area contributed by atoms with E-state index in [0.717, 1.165) is 38.5 Å². The Bertz CT molecular complexity index is 292. The van der Waals surface area contributed by atoms with Crippen LogP contribution in [0.3, 0.4) is 0 Å². The van der Waals surface area contributed by atoms with Gasteiger partial charge in [0.25, 0.3) is 0 Å². The first-order valence-electron chi connectivity index (χ1n) is 6.93. The van der Waals surface area contributed by atoms with Gasteiger partial charge in [-0.2, -0.15) is 0 Å². The second-order valence-electron chi connectivity index (χ2n) is 5.11. The molecule has 2 heterocycles. The maximum absolute atomic E-state index is 12.0. The number of carbonyl (C=O) groups excluding carboxylic acids is 2. The minimum absolute atomic E-state index is 0.0875. The summed E-state index contributed by atoms with van der Waals surface area (Å²) in [6.07, 6.45) is 7.10. The quantitative estimate of drug-likeness (QED) is 0.572. The van der Waals surface area contributed by atoms with Crippen molar-refractivity contribution in [2.45, 2.75) is 57.0 Å². The summed E-state index contributed by atoms with van der Waals surface area (Å²) in [6.45, 7) is 1.35. The number of rotatable bonds is 2. The molecule has 0 aromatic rings. The molecule has 0 unspecified atom stereocenters. The van der Waals surface area contributed by atoms with Gasteiger partial charge >= 0.3 is 0 Å². The van der Waals surface area contributed by atoms with Gasteiger partial charge in [-0.25, -0.2) is 0 Å². The molecule has 102 valence electrons. The van der Waals surface area contributed by atoms with E-state index in [0.29, 0.717) is 25.9 Å². The molecule has 0 spiro atoms. The van der Waals surface area contributed by atoms with Crippen LogP contribution < -0.4 is 0 Å². The topological polar surface area (TPSA) is 40.6 Å². The summed E-state index contributed by atoms with van der Waals surface area (Å²) >= 11 is 6.38. The van der Waals surface area contributed by atoms with E-state index in [1.54, 1.807) is 9.80 Å². The van der Waals surface area contributed by atoms with Gasteiger partial charge in [-0.15, -0.1) is 0 Å². The van der Waals surface area contributed by atoms with Crippen LogP contribution in [0.5, 0.6) is 0 Å². The van der Waals surface area contributed by atoms with E-state index in [1.807, 2.05) is 0 Å². The van der Waals surface area contributed by atoms with Crippen molar-refractivity contribution < 1.29 is 9.59 Å². The minimum Gasteiger partial charge on any atom is -0.309 e. The predicted octanol–water partition coefficient (Wildman–Crippen LogP) is 2.31. The summed E-state index contributed by atoms with van der Waals surface area (Å²) in [5, 5.41) is 0. The van der Waals surface area contributed by atoms with Crippen molar-refractivity contribution >= 4 is 23.4 Å². The van der Waals surface area contributed by atoms with E-state index >= 15 is 0 Å². The highest BCUT2D eigenvalue weighted by molar-refractivity contribution is 6.21. The van der Waals surface area contributed by atoms with Gasteiger partial charge in [-0.1, -0.05) is 24.4 Å². The van der Waals surface area contributed by atoms with Crippen LogP contribution in [0.25, 0.3) is 0 Å². The first-order chi connectivity index (χ1) is 8.70. The standard InChI is InChI=1S/C13H21ClN2O2/c14-13(15-9-5-1-3-7-11(15)17)16-10-6-2-4-8-12(16)18/h13H,1-10H2. The lowest BCUT2D eigenvalue weighted by molar-refractivity contribution is -0.141. The highest BCUT2D eigenvalue weighted by atomic mass is 35.5. The Hall–Kier alpha value is -0.770. The lowest BCUT2D eigenvalue weighted by Gasteiger charge is -2.34. The Kier molecular flexibility index (Phi) is 4.87. The van der Waals surface area contributed by atoms with E-state index in [2.05, 4.69) is 0 Å². The Morgan fingerprint density at radius 1 is 0.778 bits per heavy atom. The van der Waals surface area contributed by atoms with Crippen LogP contribution in [0, 0.1) is 0 Å². The predicted molar refractivity (Wildman–Crippen MR) is 70.0 cm³/mol. The summed E-state index contributed by atoms with van der Waals surface area (Å²) in [6, 6.07) is 0. The van der Waals surface area contributed by atoms with Crippen LogP contribution in [0.4, 0.5) is 0 Å². The highest BCUT2D eigenvalue weighted by Crippen LogP contribution is 2.22. The van der Waals surface area contributed by atoms with Crippen molar-refractivity contribution in [3.8, 4) is 0 Å². The maximum Gasteiger partial charge on any atom is 0.225 e. The van der Waals surface area contributed by atoms with Crippen molar-refractivity contribution in [2.75, 3.05) is 13.1 Å². The van der Waals surface area contributed by atoms with E-state index in [9.17, 15) is 9.59 Å². The molecule has 4 nitrogen and oxygen atoms in total. The molecule has 0 aliphatic carbocycles. The normalized spacial score (nSPS) is 23.2. The van der Waals surface area contributed by atoms with Crippen LogP contribution in [0.2, 0.25) is 0 Å². The smallest absolute Gasteiger partial charge is 0.225 e. The second kappa shape index (κ2) is 6.41. The van der Waals surface area contributed by atoms with Crippen LogP contribution in [-0.4, -0.2) is 40.3 Å². The fraction of sp³-hybridized carbons (Fsp3) is 0.846. The van der Waals surface area contributed by atoms with Crippen molar-refractivity contribution in [1.29, 1.82) is 0 Å². The number of carbonyl (C=O) groups is 2. The molecule has 2 saturated heterocycles. The Balaban J connectivity index is 2.05. The molecule has 18 heavy (non-hydrogen) atoms. The maximum atomic E-state index is 12.0. The number of nitrogens with zero attached hydrogens (tertiary/aromatic N) is 2. The van der Waals surface area contributed by atoms with E-state index in [4.69, 9.17) is 11.6 Å². The molecule has 2 aliphatic rings. The molecule has 0 saturated carbocycles. The fourth-order valence-electron chi connectivity index (χ4n) is 2.63. The molecule has 5 heteroatoms. The zero-order valence-electron chi connectivity index (χ0n) is 10.7. The fourth-order valence-corrected chi connectivity index (χ4v) is 3.04. The first kappa shape index (κ1) is 13.7. The first-order valence-corrected chi connectivity index (χ1v) is 7.37. The molecular formula is C13H21ClN2O2. The Morgan fingerprint density at radius 2 is 1.22 bits per heavy atom. The molecule has 0 radical (unpaired) electrons. The number of amides is 2. The lowest BCUT2D eigenvalue weighted by atomic mass is 10.2. The zero-order valence-corrected chi connectivity index (χ0v) is 11.5. The molecule has 0 bridgehead atoms. The van der Waals surface area contributed by atoms with Gasteiger partial charge in [-0.3, -0.25) is 9.59 Å². The zero-order chi connectivity index (χ0) is 13.0. The summed E-state index contributed by atoms with van der Waals surface area (Å²) in [5.74, 6) is 0.175. The summed E-state index contributed by atoms with van der Waals surface area (Å²) in [5.41, 5.74) is -0.582. The molecule has 2 aliphatic heterocycles. The Labute approximate surface area is 113 Å². The van der Waals surface area contributed by atoms with Crippen LogP contribution >= 0.6 is 11.6 Å². The van der Waals surface area contributed by atoms with Gasteiger partial charge in [0.05, 0.1) is 0 Å². The second-order valence-corrected chi connectivity index (χ2v) is 5.50. The van der Waals surface area contributed by atoms with E-state index < -0.39 is 5.62 Å². The molecule has 2 rings (SSSR count). The molecule has 2 amide bonds. The van der Waals surface area contributed by atoms with Crippen LogP contribution in [-0.2, 0) is 9.59 Å². The monoisotopic (exact) mass is 272 g/mol. The number of hydrogen-bond acceptors (Lipinski definition) is 2. The number of halogens is 1. The summed E-state index contributed by atoms with van der Waals surface area (Å²) in [4.78, 5) is 27.3. The molecule has 0 aromatic heterocycles. The van der Waals surface area contributed by atoms with Gasteiger partial charge in [0.15, 0.2) is 5.62 Å². The lowest BCUT2D eigenvalue weighted by Crippen LogP contribution is -2.50. The van der Waals surface area contributed by atoms with Crippen molar-refractivity contribution in [3.05, 3.63) is 0 Å². The van der Waals surface area contributed by atoms with Gasteiger partial charge in [0.1, 0.15) is 0 Å². The highest BCUT2D eigenvalue weighted by Gasteiger charge is 2.31. The van der Waals surface area contributed by atoms with Crippen LogP contribution in [0.15, 0.2) is 0 Å². The largest absolute Gasteiger partial charge is 0.309 e. The SMILES string of the molecule is O=C1CCCCCN1C(Cl)N1CCCCCC1=O. The molecule has 0 aromatic carbocycles.